The van der Waals surface area contributed by atoms with Crippen LogP contribution in [0.4, 0.5) is 0 Å². The van der Waals surface area contributed by atoms with Crippen molar-refractivity contribution in [1.29, 1.82) is 0 Å². The van der Waals surface area contributed by atoms with Crippen molar-refractivity contribution in [2.75, 3.05) is 5.33 Å². The Morgan fingerprint density at radius 1 is 1.25 bits per heavy atom. The molecule has 0 spiro atoms. The molecule has 1 fully saturated rings. The standard InChI is InChI=1S/C13H16Br2O/c14-10-13(6-1-2-7-13)16-9-11-4-3-5-12(15)8-11/h3-5,8H,1-2,6-7,9-10H2. The molecule has 0 N–H and O–H groups in total. The minimum absolute atomic E-state index is 0.0856. The van der Waals surface area contributed by atoms with Crippen LogP contribution in [0.25, 0.3) is 0 Å². The lowest BCUT2D eigenvalue weighted by molar-refractivity contribution is -0.0330. The zero-order valence-corrected chi connectivity index (χ0v) is 12.4. The maximum absolute atomic E-state index is 6.11. The smallest absolute Gasteiger partial charge is 0.0783 e. The molecule has 0 heterocycles. The zero-order chi connectivity index (χ0) is 11.4. The molecule has 1 aliphatic rings. The summed E-state index contributed by atoms with van der Waals surface area (Å²) in [6.45, 7) is 0.713. The van der Waals surface area contributed by atoms with Gasteiger partial charge in [0, 0.05) is 9.80 Å². The van der Waals surface area contributed by atoms with E-state index in [0.29, 0.717) is 6.61 Å². The van der Waals surface area contributed by atoms with Crippen molar-refractivity contribution in [2.24, 2.45) is 0 Å². The summed E-state index contributed by atoms with van der Waals surface area (Å²) < 4.78 is 7.23. The number of halogens is 2. The highest BCUT2D eigenvalue weighted by atomic mass is 79.9. The number of rotatable bonds is 4. The van der Waals surface area contributed by atoms with Gasteiger partial charge in [0.2, 0.25) is 0 Å². The second kappa shape index (κ2) is 5.65. The third kappa shape index (κ3) is 3.08. The van der Waals surface area contributed by atoms with Gasteiger partial charge in [0.15, 0.2) is 0 Å². The van der Waals surface area contributed by atoms with E-state index < -0.39 is 0 Å². The van der Waals surface area contributed by atoms with E-state index in [9.17, 15) is 0 Å². The molecule has 0 bridgehead atoms. The maximum atomic E-state index is 6.11. The van der Waals surface area contributed by atoms with Gasteiger partial charge in [0.05, 0.1) is 12.2 Å². The highest BCUT2D eigenvalue weighted by molar-refractivity contribution is 9.10. The maximum Gasteiger partial charge on any atom is 0.0783 e. The lowest BCUT2D eigenvalue weighted by atomic mass is 10.1. The lowest BCUT2D eigenvalue weighted by Crippen LogP contribution is -2.30. The van der Waals surface area contributed by atoms with Gasteiger partial charge in [-0.1, -0.05) is 56.8 Å². The molecular weight excluding hydrogens is 332 g/mol. The van der Waals surface area contributed by atoms with Gasteiger partial charge >= 0.3 is 0 Å². The molecule has 1 saturated carbocycles. The van der Waals surface area contributed by atoms with Gasteiger partial charge in [-0.2, -0.15) is 0 Å². The van der Waals surface area contributed by atoms with Crippen LogP contribution in [-0.2, 0) is 11.3 Å². The summed E-state index contributed by atoms with van der Waals surface area (Å²) >= 11 is 7.07. The molecule has 88 valence electrons. The van der Waals surface area contributed by atoms with Gasteiger partial charge in [0.25, 0.3) is 0 Å². The molecule has 0 saturated heterocycles. The van der Waals surface area contributed by atoms with E-state index >= 15 is 0 Å². The third-order valence-corrected chi connectivity index (χ3v) is 4.71. The zero-order valence-electron chi connectivity index (χ0n) is 9.22. The van der Waals surface area contributed by atoms with E-state index in [1.807, 2.05) is 6.07 Å². The molecule has 1 nitrogen and oxygen atoms in total. The van der Waals surface area contributed by atoms with Gasteiger partial charge in [-0.15, -0.1) is 0 Å². The first-order valence-corrected chi connectivity index (χ1v) is 7.60. The molecule has 1 aliphatic carbocycles. The Bertz CT molecular complexity index is 346. The molecule has 0 atom stereocenters. The predicted molar refractivity (Wildman–Crippen MR) is 73.9 cm³/mol. The minimum atomic E-state index is 0.0856. The first kappa shape index (κ1) is 12.6. The monoisotopic (exact) mass is 346 g/mol. The second-order valence-electron chi connectivity index (χ2n) is 4.44. The molecule has 0 radical (unpaired) electrons. The molecule has 3 heteroatoms. The van der Waals surface area contributed by atoms with Gasteiger partial charge in [0.1, 0.15) is 0 Å². The molecule has 0 unspecified atom stereocenters. The number of benzene rings is 1. The van der Waals surface area contributed by atoms with Gasteiger partial charge in [-0.05, 0) is 30.5 Å². The van der Waals surface area contributed by atoms with E-state index in [0.717, 1.165) is 9.80 Å². The second-order valence-corrected chi connectivity index (χ2v) is 5.92. The number of ether oxygens (including phenoxy) is 1. The van der Waals surface area contributed by atoms with E-state index in [1.165, 1.54) is 31.2 Å². The Morgan fingerprint density at radius 3 is 2.62 bits per heavy atom. The van der Waals surface area contributed by atoms with Crippen LogP contribution in [0.3, 0.4) is 0 Å². The normalized spacial score (nSPS) is 18.9. The molecule has 2 rings (SSSR count). The van der Waals surface area contributed by atoms with Crippen molar-refractivity contribution in [2.45, 2.75) is 37.9 Å². The highest BCUT2D eigenvalue weighted by Gasteiger charge is 2.33. The summed E-state index contributed by atoms with van der Waals surface area (Å²) in [6, 6.07) is 8.33. The fraction of sp³-hybridized carbons (Fsp3) is 0.538. The Balaban J connectivity index is 1.95. The molecule has 0 aliphatic heterocycles. The summed E-state index contributed by atoms with van der Waals surface area (Å²) in [6.07, 6.45) is 4.96. The molecule has 16 heavy (non-hydrogen) atoms. The Hall–Kier alpha value is 0.140. The summed E-state index contributed by atoms with van der Waals surface area (Å²) in [4.78, 5) is 0. The largest absolute Gasteiger partial charge is 0.369 e. The average molecular weight is 348 g/mol. The van der Waals surface area contributed by atoms with Crippen LogP contribution in [0.2, 0.25) is 0 Å². The summed E-state index contributed by atoms with van der Waals surface area (Å²) in [5.41, 5.74) is 1.32. The van der Waals surface area contributed by atoms with Crippen molar-refractivity contribution >= 4 is 31.9 Å². The summed E-state index contributed by atoms with van der Waals surface area (Å²) in [5, 5.41) is 0.952. The molecular formula is C13H16Br2O. The third-order valence-electron chi connectivity index (χ3n) is 3.19. The predicted octanol–water partition coefficient (Wildman–Crippen LogP) is 4.67. The SMILES string of the molecule is BrCC1(OCc2cccc(Br)c2)CCCC1. The molecule has 0 aromatic heterocycles. The van der Waals surface area contributed by atoms with Gasteiger partial charge in [-0.25, -0.2) is 0 Å². The first-order valence-electron chi connectivity index (χ1n) is 5.68. The quantitative estimate of drug-likeness (QED) is 0.719. The first-order chi connectivity index (χ1) is 7.74. The van der Waals surface area contributed by atoms with E-state index in [-0.39, 0.29) is 5.60 Å². The summed E-state index contributed by atoms with van der Waals surface area (Å²) in [5.74, 6) is 0. The van der Waals surface area contributed by atoms with Crippen LogP contribution < -0.4 is 0 Å². The Kier molecular flexibility index (Phi) is 4.45. The van der Waals surface area contributed by atoms with Gasteiger partial charge in [-0.3, -0.25) is 0 Å². The van der Waals surface area contributed by atoms with Crippen molar-refractivity contribution in [3.63, 3.8) is 0 Å². The fourth-order valence-corrected chi connectivity index (χ4v) is 3.37. The Labute approximate surface area is 114 Å². The van der Waals surface area contributed by atoms with Crippen molar-refractivity contribution in [3.8, 4) is 0 Å². The minimum Gasteiger partial charge on any atom is -0.369 e. The number of alkyl halides is 1. The topological polar surface area (TPSA) is 9.23 Å². The van der Waals surface area contributed by atoms with Crippen molar-refractivity contribution in [1.82, 2.24) is 0 Å². The number of hydrogen-bond donors (Lipinski definition) is 0. The van der Waals surface area contributed by atoms with Crippen LogP contribution in [0.15, 0.2) is 28.7 Å². The molecule has 1 aromatic carbocycles. The van der Waals surface area contributed by atoms with E-state index in [4.69, 9.17) is 4.74 Å². The van der Waals surface area contributed by atoms with Crippen LogP contribution in [0, 0.1) is 0 Å². The molecule has 0 amide bonds. The summed E-state index contributed by atoms with van der Waals surface area (Å²) in [7, 11) is 0. The van der Waals surface area contributed by atoms with Crippen molar-refractivity contribution < 1.29 is 4.74 Å². The highest BCUT2D eigenvalue weighted by Crippen LogP contribution is 2.35. The lowest BCUT2D eigenvalue weighted by Gasteiger charge is -2.27. The van der Waals surface area contributed by atoms with E-state index in [2.05, 4.69) is 50.1 Å². The Morgan fingerprint density at radius 2 is 2.00 bits per heavy atom. The van der Waals surface area contributed by atoms with Crippen LogP contribution in [0.5, 0.6) is 0 Å². The average Bonchev–Trinajstić information content (AvgIpc) is 2.76. The van der Waals surface area contributed by atoms with Gasteiger partial charge < -0.3 is 4.74 Å². The van der Waals surface area contributed by atoms with E-state index in [1.54, 1.807) is 0 Å². The van der Waals surface area contributed by atoms with Crippen molar-refractivity contribution in [3.05, 3.63) is 34.3 Å². The van der Waals surface area contributed by atoms with Crippen LogP contribution in [0.1, 0.15) is 31.2 Å². The fourth-order valence-electron chi connectivity index (χ4n) is 2.20. The van der Waals surface area contributed by atoms with Crippen LogP contribution >= 0.6 is 31.9 Å². The molecule has 1 aromatic rings. The number of hydrogen-bond acceptors (Lipinski definition) is 1. The van der Waals surface area contributed by atoms with Crippen LogP contribution in [-0.4, -0.2) is 10.9 Å².